The predicted octanol–water partition coefficient (Wildman–Crippen LogP) is 3.72. The minimum atomic E-state index is -1.36. The van der Waals surface area contributed by atoms with Gasteiger partial charge in [0, 0.05) is 0 Å². The van der Waals surface area contributed by atoms with Crippen LogP contribution in [0.1, 0.15) is 60.2 Å². The second kappa shape index (κ2) is 16.7. The number of nitrogens with one attached hydrogen (secondary N) is 2. The Labute approximate surface area is 184 Å². The van der Waals surface area contributed by atoms with E-state index in [1.54, 1.807) is 48.5 Å². The molecule has 29 heavy (non-hydrogen) atoms. The Morgan fingerprint density at radius 2 is 1.10 bits per heavy atom. The Balaban J connectivity index is 0.000000837. The van der Waals surface area contributed by atoms with Crippen molar-refractivity contribution in [3.63, 3.8) is 0 Å². The zero-order valence-corrected chi connectivity index (χ0v) is 20.0. The van der Waals surface area contributed by atoms with Gasteiger partial charge in [-0.15, -0.1) is 0 Å². The minimum Gasteiger partial charge on any atom is -0.343 e. The normalized spacial score (nSPS) is 9.24. The van der Waals surface area contributed by atoms with Crippen LogP contribution in [0.2, 0.25) is 0 Å². The fraction of sp³-hybridized carbons (Fsp3) is 0.273. The van der Waals surface area contributed by atoms with E-state index >= 15 is 0 Å². The topological polar surface area (TPSA) is 104 Å². The van der Waals surface area contributed by atoms with E-state index in [1.165, 1.54) is 12.8 Å². The molecule has 0 heterocycles. The zero-order chi connectivity index (χ0) is 22.1. The SMILES string of the molecule is O=C([OH2+])c1ccccc1[NH][Sn][NH]c1ccccc1C(=O)[OH2+].[CH2-]CCC.[CH2-]CCC. The molecule has 0 spiro atoms. The number of benzene rings is 2. The number of hydrogen-bond acceptors (Lipinski definition) is 4. The molecule has 0 atom stereocenters. The van der Waals surface area contributed by atoms with Crippen molar-refractivity contribution >= 4 is 45.0 Å². The van der Waals surface area contributed by atoms with Crippen LogP contribution in [0.5, 0.6) is 0 Å². The standard InChI is InChI=1S/2C7H6NO2.2C4H9.Sn/c2*8-6-4-2-1-3-5(6)7(9)10;2*1-3-4-2;/h2*1-4,8H,(H,9,10);2*1,3-4H2,2H3;/q4*-1;+2/p+2. The van der Waals surface area contributed by atoms with Crippen molar-refractivity contribution in [2.24, 2.45) is 0 Å². The molecule has 0 bridgehead atoms. The smallest absolute Gasteiger partial charge is 0.0678 e. The van der Waals surface area contributed by atoms with Crippen LogP contribution in [0.15, 0.2) is 48.5 Å². The molecule has 0 aliphatic heterocycles. The molecule has 0 fully saturated rings. The average Bonchev–Trinajstić information content (AvgIpc) is 2.74. The third-order valence-corrected chi connectivity index (χ3v) is 5.70. The summed E-state index contributed by atoms with van der Waals surface area (Å²) in [5.41, 5.74) is 1.88. The second-order valence-corrected chi connectivity index (χ2v) is 7.97. The number of anilines is 2. The second-order valence-electron chi connectivity index (χ2n) is 5.83. The third-order valence-electron chi connectivity index (χ3n) is 3.44. The van der Waals surface area contributed by atoms with Gasteiger partial charge in [0.05, 0.1) is 0 Å². The van der Waals surface area contributed by atoms with Gasteiger partial charge in [0.25, 0.3) is 0 Å². The summed E-state index contributed by atoms with van der Waals surface area (Å²) >= 11 is -1.36. The van der Waals surface area contributed by atoms with Crippen LogP contribution in [0, 0.1) is 13.8 Å². The summed E-state index contributed by atoms with van der Waals surface area (Å²) < 4.78 is 6.31. The number of para-hydroxylation sites is 2. The van der Waals surface area contributed by atoms with Crippen molar-refractivity contribution in [2.45, 2.75) is 39.5 Å². The van der Waals surface area contributed by atoms with Crippen LogP contribution < -0.4 is 7.08 Å². The molecule has 0 unspecified atom stereocenters. The van der Waals surface area contributed by atoms with Crippen LogP contribution in [0.25, 0.3) is 0 Å². The average molecular weight is 507 g/mol. The molecule has 0 saturated carbocycles. The fourth-order valence-electron chi connectivity index (χ4n) is 1.75. The molecule has 0 amide bonds. The van der Waals surface area contributed by atoms with Gasteiger partial charge in [-0.2, -0.15) is 12.8 Å². The maximum absolute atomic E-state index is 11.2. The van der Waals surface area contributed by atoms with E-state index in [2.05, 4.69) is 34.8 Å². The monoisotopic (exact) mass is 508 g/mol. The fourth-order valence-corrected chi connectivity index (χ4v) is 3.94. The van der Waals surface area contributed by atoms with Crippen LogP contribution in [-0.4, -0.2) is 43.8 Å². The van der Waals surface area contributed by atoms with E-state index in [9.17, 15) is 9.59 Å². The Kier molecular flexibility index (Phi) is 15.4. The van der Waals surface area contributed by atoms with Crippen molar-refractivity contribution in [3.8, 4) is 0 Å². The summed E-state index contributed by atoms with van der Waals surface area (Å²) in [7, 11) is 0. The molecule has 0 saturated heterocycles. The first-order valence-corrected chi connectivity index (χ1v) is 12.3. The van der Waals surface area contributed by atoms with Gasteiger partial charge in [-0.3, -0.25) is 0 Å². The van der Waals surface area contributed by atoms with Crippen LogP contribution in [0.4, 0.5) is 11.4 Å². The molecule has 0 aromatic heterocycles. The molecule has 158 valence electrons. The van der Waals surface area contributed by atoms with Crippen LogP contribution in [0.3, 0.4) is 0 Å². The summed E-state index contributed by atoms with van der Waals surface area (Å²) in [6.45, 7) is 11.4. The first-order valence-electron chi connectivity index (χ1n) is 9.48. The largest absolute Gasteiger partial charge is 0.343 e. The molecule has 2 radical (unpaired) electrons. The van der Waals surface area contributed by atoms with Crippen LogP contribution >= 0.6 is 0 Å². The maximum atomic E-state index is 11.2. The van der Waals surface area contributed by atoms with Gasteiger partial charge < -0.3 is 13.8 Å². The predicted molar refractivity (Wildman–Crippen MR) is 122 cm³/mol. The van der Waals surface area contributed by atoms with Gasteiger partial charge >= 0.3 is 132 Å². The van der Waals surface area contributed by atoms with Crippen LogP contribution in [-0.2, 0) is 0 Å². The molecule has 6 nitrogen and oxygen atoms in total. The van der Waals surface area contributed by atoms with Gasteiger partial charge in [-0.25, -0.2) is 0 Å². The molecule has 2 aromatic rings. The number of carbonyl (C=O) groups is 2. The van der Waals surface area contributed by atoms with E-state index < -0.39 is 33.6 Å². The van der Waals surface area contributed by atoms with Gasteiger partial charge in [-0.1, -0.05) is 26.7 Å². The van der Waals surface area contributed by atoms with Crippen molar-refractivity contribution in [1.29, 1.82) is 0 Å². The summed E-state index contributed by atoms with van der Waals surface area (Å²) in [5, 5.41) is 14.4. The van der Waals surface area contributed by atoms with E-state index in [1.807, 2.05) is 0 Å². The Bertz CT molecular complexity index is 673. The van der Waals surface area contributed by atoms with Crippen molar-refractivity contribution < 1.29 is 19.8 Å². The number of unbranched alkanes of at least 4 members (excludes halogenated alkanes) is 2. The molecule has 2 rings (SSSR count). The first-order chi connectivity index (χ1) is 13.9. The Hall–Kier alpha value is -2.22. The Morgan fingerprint density at radius 1 is 0.793 bits per heavy atom. The van der Waals surface area contributed by atoms with Gasteiger partial charge in [-0.05, 0) is 0 Å². The number of rotatable bonds is 8. The minimum absolute atomic E-state index is 0.324. The van der Waals surface area contributed by atoms with E-state index in [-0.39, 0.29) is 0 Å². The third kappa shape index (κ3) is 11.4. The molecule has 0 aliphatic rings. The van der Waals surface area contributed by atoms with Gasteiger partial charge in [0.1, 0.15) is 0 Å². The van der Waals surface area contributed by atoms with E-state index in [0.29, 0.717) is 22.5 Å². The maximum Gasteiger partial charge on any atom is -0.0678 e. The summed E-state index contributed by atoms with van der Waals surface area (Å²) in [6, 6.07) is 13.7. The van der Waals surface area contributed by atoms with Gasteiger partial charge in [0.15, 0.2) is 0 Å². The van der Waals surface area contributed by atoms with Gasteiger partial charge in [0.2, 0.25) is 0 Å². The molecule has 7 heteroatoms. The summed E-state index contributed by atoms with van der Waals surface area (Å²) in [5.74, 6) is -1.47. The molecule has 6 N–H and O–H groups in total. The van der Waals surface area contributed by atoms with Crippen molar-refractivity contribution in [1.82, 2.24) is 0 Å². The molecule has 0 aliphatic carbocycles. The van der Waals surface area contributed by atoms with E-state index in [0.717, 1.165) is 12.8 Å². The molecule has 2 aromatic carbocycles. The molecular formula is C22H32N2O4Sn. The number of carbonyl (C=O) groups excluding carboxylic acids is 2. The quantitative estimate of drug-likeness (QED) is 0.323. The summed E-state index contributed by atoms with van der Waals surface area (Å²) in [6.07, 6.45) is 4.56. The van der Waals surface area contributed by atoms with E-state index in [4.69, 9.17) is 10.2 Å². The van der Waals surface area contributed by atoms with Crippen molar-refractivity contribution in [2.75, 3.05) is 7.08 Å². The van der Waals surface area contributed by atoms with Crippen molar-refractivity contribution in [3.05, 3.63) is 73.5 Å². The first kappa shape index (κ1) is 26.8. The summed E-state index contributed by atoms with van der Waals surface area (Å²) in [4.78, 5) is 22.4. The Morgan fingerprint density at radius 3 is 1.38 bits per heavy atom. The molecular weight excluding hydrogens is 475 g/mol. The number of hydrogen-bond donors (Lipinski definition) is 2. The zero-order valence-electron chi connectivity index (χ0n) is 17.2.